The molecule has 69 heavy (non-hydrogen) atoms. The summed E-state index contributed by atoms with van der Waals surface area (Å²) < 4.78 is 15.4. The first-order chi connectivity index (χ1) is 33.3. The van der Waals surface area contributed by atoms with Crippen molar-refractivity contribution in [2.24, 2.45) is 5.92 Å². The summed E-state index contributed by atoms with van der Waals surface area (Å²) in [6.45, 7) is 19.3. The van der Waals surface area contributed by atoms with Gasteiger partial charge in [0.15, 0.2) is 22.8 Å². The number of aromatic nitrogens is 3. The van der Waals surface area contributed by atoms with Gasteiger partial charge in [-0.25, -0.2) is 0 Å². The van der Waals surface area contributed by atoms with Crippen molar-refractivity contribution in [2.75, 3.05) is 0 Å². The lowest BCUT2D eigenvalue weighted by Gasteiger charge is -2.24. The SMILES string of the molecule is CC(C)Cc1cc2[n+](cc1[Si](C)(C)C)C1(c3ccccc3-2)c2ccc3c(oc4ccccc43)c2-c2n(-c3c(-c4ccccc4)cc(C(C)(C)C)cc3-c3ccccc3)c3ccc4ccccc4c3[n+]21. The zero-order valence-corrected chi connectivity index (χ0v) is 41.9. The third-order valence-corrected chi connectivity index (χ3v) is 17.2. The maximum Gasteiger partial charge on any atom is 0.364 e. The Bertz CT molecular complexity index is 3860. The van der Waals surface area contributed by atoms with Crippen LogP contribution in [0.15, 0.2) is 187 Å². The van der Waals surface area contributed by atoms with Crippen molar-refractivity contribution in [1.29, 1.82) is 0 Å². The number of para-hydroxylation sites is 1. The van der Waals surface area contributed by atoms with Crippen molar-refractivity contribution >= 4 is 57.0 Å². The van der Waals surface area contributed by atoms with Gasteiger partial charge in [-0.05, 0) is 106 Å². The molecule has 1 spiro atoms. The Balaban J connectivity index is 1.32. The van der Waals surface area contributed by atoms with Gasteiger partial charge in [0, 0.05) is 38.5 Å². The van der Waals surface area contributed by atoms with E-state index in [4.69, 9.17) is 4.42 Å². The number of benzene rings is 8. The van der Waals surface area contributed by atoms with E-state index in [-0.39, 0.29) is 5.41 Å². The molecule has 0 saturated heterocycles. The molecule has 1 unspecified atom stereocenters. The van der Waals surface area contributed by atoms with Gasteiger partial charge >= 0.3 is 11.5 Å². The fourth-order valence-corrected chi connectivity index (χ4v) is 13.8. The second kappa shape index (κ2) is 14.8. The van der Waals surface area contributed by atoms with Crippen LogP contribution in [0.1, 0.15) is 56.9 Å². The smallest absolute Gasteiger partial charge is 0.364 e. The van der Waals surface area contributed by atoms with E-state index in [0.29, 0.717) is 5.92 Å². The summed E-state index contributed by atoms with van der Waals surface area (Å²) in [5.41, 5.74) is 18.0. The Morgan fingerprint density at radius 2 is 1.26 bits per heavy atom. The number of hydrogen-bond acceptors (Lipinski definition) is 1. The highest BCUT2D eigenvalue weighted by Gasteiger charge is 2.67. The molecule has 5 heteroatoms. The average Bonchev–Trinajstić information content (AvgIpc) is 4.06. The molecule has 0 fully saturated rings. The molecular weight excluding hydrogens is 855 g/mol. The van der Waals surface area contributed by atoms with Crippen molar-refractivity contribution in [2.45, 2.75) is 71.8 Å². The van der Waals surface area contributed by atoms with Crippen LogP contribution in [-0.2, 0) is 17.5 Å². The topological polar surface area (TPSA) is 25.8 Å². The predicted molar refractivity (Wildman–Crippen MR) is 288 cm³/mol. The minimum absolute atomic E-state index is 0.120. The second-order valence-corrected chi connectivity index (χ2v) is 27.1. The van der Waals surface area contributed by atoms with Gasteiger partial charge in [0.2, 0.25) is 5.69 Å². The first-order valence-electron chi connectivity index (χ1n) is 24.8. The molecule has 2 aliphatic rings. The van der Waals surface area contributed by atoms with Crippen LogP contribution in [0.3, 0.4) is 0 Å². The standard InChI is InChI=1S/C64H57N3OSi/c1-40(2)35-44-36-55-49-28-17-19-29-52(49)64(65(55)39-57(44)69(6,7)8)53-33-32-48-47-27-18-20-30-56(47)68-61(48)58(53)62-66(54-34-31-43-25-15-16-26-46(43)60(54)67(62)64)59-50(41-21-11-9-12-22-41)37-45(63(3,4)5)38-51(59)42-23-13-10-14-24-42/h9-34,36-40H,35H2,1-8H3/q+2. The summed E-state index contributed by atoms with van der Waals surface area (Å²) >= 11 is 0. The lowest BCUT2D eigenvalue weighted by atomic mass is 9.82. The second-order valence-electron chi connectivity index (χ2n) is 22.0. The van der Waals surface area contributed by atoms with Gasteiger partial charge in [0.1, 0.15) is 16.8 Å². The molecule has 0 bridgehead atoms. The van der Waals surface area contributed by atoms with Crippen molar-refractivity contribution in [3.05, 3.63) is 204 Å². The molecule has 4 nitrogen and oxygen atoms in total. The van der Waals surface area contributed by atoms with Crippen LogP contribution in [0.2, 0.25) is 19.6 Å². The van der Waals surface area contributed by atoms with Crippen LogP contribution >= 0.6 is 0 Å². The maximum absolute atomic E-state index is 7.31. The number of pyridine rings is 1. The van der Waals surface area contributed by atoms with E-state index >= 15 is 0 Å². The van der Waals surface area contributed by atoms with Gasteiger partial charge < -0.3 is 4.42 Å². The summed E-state index contributed by atoms with van der Waals surface area (Å²) in [6, 6.07) is 66.0. The first-order valence-corrected chi connectivity index (χ1v) is 28.3. The Morgan fingerprint density at radius 1 is 0.623 bits per heavy atom. The largest absolute Gasteiger partial charge is 0.455 e. The zero-order valence-electron chi connectivity index (χ0n) is 40.9. The zero-order chi connectivity index (χ0) is 47.1. The number of hydrogen-bond donors (Lipinski definition) is 0. The predicted octanol–water partition coefficient (Wildman–Crippen LogP) is 14.9. The lowest BCUT2D eigenvalue weighted by molar-refractivity contribution is -0.944. The minimum atomic E-state index is -1.92. The van der Waals surface area contributed by atoms with Crippen LogP contribution in [0, 0.1) is 5.92 Å². The first kappa shape index (κ1) is 41.8. The summed E-state index contributed by atoms with van der Waals surface area (Å²) in [6.07, 6.45) is 3.64. The van der Waals surface area contributed by atoms with Crippen molar-refractivity contribution in [1.82, 2.24) is 4.57 Å². The molecule has 0 amide bonds. The highest BCUT2D eigenvalue weighted by atomic mass is 28.3. The van der Waals surface area contributed by atoms with Gasteiger partial charge in [-0.15, -0.1) is 9.13 Å². The molecule has 0 saturated carbocycles. The molecule has 13 rings (SSSR count). The Labute approximate surface area is 405 Å². The molecule has 11 aromatic rings. The molecule has 0 radical (unpaired) electrons. The van der Waals surface area contributed by atoms with Crippen LogP contribution in [-0.4, -0.2) is 12.6 Å². The van der Waals surface area contributed by atoms with Crippen LogP contribution < -0.4 is 14.3 Å². The molecule has 0 N–H and O–H groups in total. The van der Waals surface area contributed by atoms with Crippen molar-refractivity contribution in [3.63, 3.8) is 0 Å². The lowest BCUT2D eigenvalue weighted by Crippen LogP contribution is -2.72. The van der Waals surface area contributed by atoms with E-state index in [1.165, 1.54) is 77.2 Å². The number of nitrogens with zero attached hydrogens (tertiary/aromatic N) is 3. The quantitative estimate of drug-likeness (QED) is 0.121. The van der Waals surface area contributed by atoms with E-state index in [9.17, 15) is 0 Å². The normalized spacial score (nSPS) is 15.2. The highest BCUT2D eigenvalue weighted by Crippen LogP contribution is 2.54. The summed E-state index contributed by atoms with van der Waals surface area (Å²) in [5, 5.41) is 6.18. The summed E-state index contributed by atoms with van der Waals surface area (Å²) in [7, 11) is -1.92. The molecule has 336 valence electrons. The summed E-state index contributed by atoms with van der Waals surface area (Å²) in [4.78, 5) is 0. The summed E-state index contributed by atoms with van der Waals surface area (Å²) in [5.74, 6) is 1.63. The van der Waals surface area contributed by atoms with Crippen molar-refractivity contribution < 1.29 is 13.6 Å². The fraction of sp³-hybridized carbons (Fsp3) is 0.188. The van der Waals surface area contributed by atoms with Gasteiger partial charge in [-0.2, -0.15) is 4.57 Å². The van der Waals surface area contributed by atoms with Gasteiger partial charge in [-0.3, -0.25) is 0 Å². The van der Waals surface area contributed by atoms with Gasteiger partial charge in [0.25, 0.3) is 0 Å². The molecule has 1 atom stereocenters. The molecule has 0 aliphatic carbocycles. The number of rotatable bonds is 6. The highest BCUT2D eigenvalue weighted by molar-refractivity contribution is 6.89. The average molecular weight is 912 g/mol. The van der Waals surface area contributed by atoms with Crippen LogP contribution in [0.4, 0.5) is 0 Å². The number of furan rings is 1. The molecule has 3 aromatic heterocycles. The van der Waals surface area contributed by atoms with Gasteiger partial charge in [-0.1, -0.05) is 163 Å². The van der Waals surface area contributed by atoms with E-state index < -0.39 is 13.7 Å². The third kappa shape index (κ3) is 5.93. The number of fused-ring (bicyclic) bond motifs is 18. The van der Waals surface area contributed by atoms with Gasteiger partial charge in [0.05, 0.1) is 24.8 Å². The monoisotopic (exact) mass is 911 g/mol. The number of imidazole rings is 1. The van der Waals surface area contributed by atoms with Crippen molar-refractivity contribution in [3.8, 4) is 50.6 Å². The Hall–Kier alpha value is -7.34. The maximum atomic E-state index is 7.31. The molecule has 8 aromatic carbocycles. The van der Waals surface area contributed by atoms with Crippen LogP contribution in [0.25, 0.3) is 94.3 Å². The molecule has 2 aliphatic heterocycles. The molecular formula is C64H57N3OSi+2. The Kier molecular flexibility index (Phi) is 8.99. The van der Waals surface area contributed by atoms with E-state index in [2.05, 4.69) is 250 Å². The van der Waals surface area contributed by atoms with Crippen LogP contribution in [0.5, 0.6) is 0 Å². The Morgan fingerprint density at radius 3 is 1.94 bits per heavy atom. The van der Waals surface area contributed by atoms with E-state index in [0.717, 1.165) is 51.0 Å². The fourth-order valence-electron chi connectivity index (χ4n) is 12.1. The minimum Gasteiger partial charge on any atom is -0.455 e. The van der Waals surface area contributed by atoms with E-state index in [1.807, 2.05) is 0 Å². The van der Waals surface area contributed by atoms with E-state index in [1.54, 1.807) is 0 Å². The third-order valence-electron chi connectivity index (χ3n) is 15.1. The molecule has 5 heterocycles.